The molecule has 1 heteroatoms. The summed E-state index contributed by atoms with van der Waals surface area (Å²) in [5, 5.41) is 2.56. The van der Waals surface area contributed by atoms with E-state index < -0.39 is 10.8 Å². The monoisotopic (exact) mass is 696 g/mol. The molecule has 3 aliphatic carbocycles. The van der Waals surface area contributed by atoms with E-state index in [-0.39, 0.29) is 0 Å². The first-order valence-corrected chi connectivity index (χ1v) is 19.3. The van der Waals surface area contributed by atoms with Gasteiger partial charge in [-0.25, -0.2) is 0 Å². The molecule has 1 aliphatic heterocycles. The molecule has 0 bridgehead atoms. The number of hydrogen-bond acceptors (Lipinski definition) is 1. The molecule has 0 radical (unpaired) electrons. The third-order valence-corrected chi connectivity index (χ3v) is 13.2. The van der Waals surface area contributed by atoms with Crippen molar-refractivity contribution < 1.29 is 4.74 Å². The van der Waals surface area contributed by atoms with Crippen molar-refractivity contribution in [1.82, 2.24) is 0 Å². The Labute approximate surface area is 319 Å². The van der Waals surface area contributed by atoms with Crippen LogP contribution in [0.5, 0.6) is 11.5 Å². The minimum absolute atomic E-state index is 0.516. The van der Waals surface area contributed by atoms with Gasteiger partial charge in [0.2, 0.25) is 0 Å². The zero-order chi connectivity index (χ0) is 35.9. The van der Waals surface area contributed by atoms with Crippen LogP contribution in [0.25, 0.3) is 55.3 Å². The van der Waals surface area contributed by atoms with E-state index in [1.807, 2.05) is 0 Å². The van der Waals surface area contributed by atoms with Crippen molar-refractivity contribution in [3.63, 3.8) is 0 Å². The van der Waals surface area contributed by atoms with Gasteiger partial charge >= 0.3 is 0 Å². The van der Waals surface area contributed by atoms with Crippen LogP contribution >= 0.6 is 0 Å². The van der Waals surface area contributed by atoms with Crippen LogP contribution < -0.4 is 4.74 Å². The van der Waals surface area contributed by atoms with Crippen LogP contribution in [-0.4, -0.2) is 0 Å². The van der Waals surface area contributed by atoms with Gasteiger partial charge in [0.1, 0.15) is 11.5 Å². The fourth-order valence-corrected chi connectivity index (χ4v) is 11.3. The summed E-state index contributed by atoms with van der Waals surface area (Å²) in [6.45, 7) is 0. The number of rotatable bonds is 1. The maximum absolute atomic E-state index is 7.26. The van der Waals surface area contributed by atoms with Gasteiger partial charge in [0.15, 0.2) is 0 Å². The molecule has 9 aromatic carbocycles. The molecule has 2 spiro atoms. The molecule has 55 heavy (non-hydrogen) atoms. The van der Waals surface area contributed by atoms with Crippen LogP contribution in [0.2, 0.25) is 0 Å². The lowest BCUT2D eigenvalue weighted by Crippen LogP contribution is -2.32. The van der Waals surface area contributed by atoms with Crippen LogP contribution in [-0.2, 0) is 10.8 Å². The van der Waals surface area contributed by atoms with Crippen LogP contribution in [0.3, 0.4) is 0 Å². The van der Waals surface area contributed by atoms with Gasteiger partial charge in [-0.3, -0.25) is 0 Å². The second-order valence-corrected chi connectivity index (χ2v) is 15.4. The van der Waals surface area contributed by atoms with E-state index in [0.717, 1.165) is 17.1 Å². The smallest absolute Gasteiger partial charge is 0.140 e. The van der Waals surface area contributed by atoms with E-state index in [4.69, 9.17) is 4.74 Å². The molecule has 254 valence electrons. The number of fused-ring (bicyclic) bond motifs is 21. The van der Waals surface area contributed by atoms with Crippen molar-refractivity contribution in [2.45, 2.75) is 10.8 Å². The average Bonchev–Trinajstić information content (AvgIpc) is 3.84. The zero-order valence-corrected chi connectivity index (χ0v) is 29.9. The second kappa shape index (κ2) is 10.4. The van der Waals surface area contributed by atoms with Crippen LogP contribution in [0, 0.1) is 0 Å². The molecule has 13 rings (SSSR count). The Balaban J connectivity index is 1.17. The summed E-state index contributed by atoms with van der Waals surface area (Å²) in [4.78, 5) is 0. The fraction of sp³-hybridized carbons (Fsp3) is 0.0370. The highest BCUT2D eigenvalue weighted by molar-refractivity contribution is 6.07. The topological polar surface area (TPSA) is 9.23 Å². The van der Waals surface area contributed by atoms with Crippen molar-refractivity contribution in [2.75, 3.05) is 0 Å². The standard InChI is InChI=1S/C54H32O/c1-2-16-34-33(15-1)31-32-47-50(34)41-20-6-10-27-45(41)54(47)44-26-9-5-19-37(44)38-21-13-22-39(51(38)54)40-23-14-29-48-52(40)55-49-30-12-11-28-46(49)53(48)42-24-7-3-17-35(42)36-18-4-8-25-43(36)53/h1-32H. The van der Waals surface area contributed by atoms with Gasteiger partial charge in [-0.15, -0.1) is 0 Å². The second-order valence-electron chi connectivity index (χ2n) is 15.4. The number of ether oxygens (including phenoxy) is 1. The summed E-state index contributed by atoms with van der Waals surface area (Å²) in [5.41, 5.74) is 19.4. The molecule has 9 aromatic rings. The van der Waals surface area contributed by atoms with Crippen molar-refractivity contribution in [3.8, 4) is 56.0 Å². The molecule has 1 unspecified atom stereocenters. The fourth-order valence-electron chi connectivity index (χ4n) is 11.3. The van der Waals surface area contributed by atoms with Gasteiger partial charge in [0, 0.05) is 16.7 Å². The van der Waals surface area contributed by atoms with Crippen molar-refractivity contribution >= 4 is 10.8 Å². The SMILES string of the molecule is c1ccc2c(c1)Oc1c(-c3cccc4c3C3(c5ccccc5-4)c4ccccc4-c4c3ccc3ccccc43)cccc1C21c2ccccc2-c2ccccc21. The molecule has 1 nitrogen and oxygen atoms in total. The molecule has 0 N–H and O–H groups in total. The number of para-hydroxylation sites is 2. The van der Waals surface area contributed by atoms with E-state index in [1.165, 1.54) is 94.2 Å². The van der Waals surface area contributed by atoms with Crippen LogP contribution in [0.15, 0.2) is 194 Å². The summed E-state index contributed by atoms with van der Waals surface area (Å²) in [6, 6.07) is 72.3. The molecule has 1 atom stereocenters. The quantitative estimate of drug-likeness (QED) is 0.166. The van der Waals surface area contributed by atoms with Gasteiger partial charge in [-0.1, -0.05) is 188 Å². The van der Waals surface area contributed by atoms with Crippen molar-refractivity contribution in [2.24, 2.45) is 0 Å². The van der Waals surface area contributed by atoms with E-state index >= 15 is 0 Å². The third kappa shape index (κ3) is 3.38. The van der Waals surface area contributed by atoms with E-state index in [0.29, 0.717) is 0 Å². The Morgan fingerprint density at radius 1 is 0.291 bits per heavy atom. The number of benzene rings is 9. The molecule has 0 saturated carbocycles. The lowest BCUT2D eigenvalue weighted by atomic mass is 9.65. The van der Waals surface area contributed by atoms with Crippen molar-refractivity contribution in [1.29, 1.82) is 0 Å². The average molecular weight is 697 g/mol. The minimum Gasteiger partial charge on any atom is -0.456 e. The summed E-state index contributed by atoms with van der Waals surface area (Å²) < 4.78 is 7.26. The predicted octanol–water partition coefficient (Wildman–Crippen LogP) is 13.3. The highest BCUT2D eigenvalue weighted by Gasteiger charge is 2.55. The van der Waals surface area contributed by atoms with Gasteiger partial charge in [-0.05, 0) is 89.2 Å². The summed E-state index contributed by atoms with van der Waals surface area (Å²) in [6.07, 6.45) is 0. The third-order valence-electron chi connectivity index (χ3n) is 13.2. The van der Waals surface area contributed by atoms with Crippen LogP contribution in [0.4, 0.5) is 0 Å². The summed E-state index contributed by atoms with van der Waals surface area (Å²) >= 11 is 0. The van der Waals surface area contributed by atoms with Crippen LogP contribution in [0.1, 0.15) is 44.5 Å². The summed E-state index contributed by atoms with van der Waals surface area (Å²) in [5.74, 6) is 1.83. The molecule has 0 saturated heterocycles. The lowest BCUT2D eigenvalue weighted by molar-refractivity contribution is 0.438. The number of hydrogen-bond donors (Lipinski definition) is 0. The van der Waals surface area contributed by atoms with Gasteiger partial charge in [0.25, 0.3) is 0 Å². The van der Waals surface area contributed by atoms with E-state index in [9.17, 15) is 0 Å². The van der Waals surface area contributed by atoms with E-state index in [1.54, 1.807) is 0 Å². The van der Waals surface area contributed by atoms with Crippen molar-refractivity contribution in [3.05, 3.63) is 239 Å². The lowest BCUT2D eigenvalue weighted by Gasteiger charge is -2.40. The van der Waals surface area contributed by atoms with Gasteiger partial charge in [-0.2, -0.15) is 0 Å². The maximum atomic E-state index is 7.26. The van der Waals surface area contributed by atoms with Gasteiger partial charge in [0.05, 0.1) is 10.8 Å². The Bertz CT molecular complexity index is 3100. The Hall–Kier alpha value is -6.96. The Kier molecular flexibility index (Phi) is 5.56. The first kappa shape index (κ1) is 29.5. The zero-order valence-electron chi connectivity index (χ0n) is 29.9. The molecule has 4 aliphatic rings. The molecule has 0 fully saturated rings. The minimum atomic E-state index is -0.530. The first-order valence-electron chi connectivity index (χ1n) is 19.3. The highest BCUT2D eigenvalue weighted by atomic mass is 16.5. The normalized spacial score (nSPS) is 16.7. The maximum Gasteiger partial charge on any atom is 0.140 e. The molecular weight excluding hydrogens is 665 g/mol. The Morgan fingerprint density at radius 3 is 1.49 bits per heavy atom. The molecule has 0 amide bonds. The highest BCUT2D eigenvalue weighted by Crippen LogP contribution is 2.67. The predicted molar refractivity (Wildman–Crippen MR) is 223 cm³/mol. The first-order chi connectivity index (χ1) is 27.3. The largest absolute Gasteiger partial charge is 0.456 e. The van der Waals surface area contributed by atoms with E-state index in [2.05, 4.69) is 194 Å². The summed E-state index contributed by atoms with van der Waals surface area (Å²) in [7, 11) is 0. The van der Waals surface area contributed by atoms with Gasteiger partial charge < -0.3 is 4.74 Å². The molecule has 0 aromatic heterocycles. The molecule has 1 heterocycles. The molecular formula is C54H32O. The Morgan fingerprint density at radius 2 is 0.764 bits per heavy atom.